The fourth-order valence-electron chi connectivity index (χ4n) is 3.26. The molecule has 0 aliphatic carbocycles. The smallest absolute Gasteiger partial charge is 0.246 e. The lowest BCUT2D eigenvalue weighted by Crippen LogP contribution is -2.43. The molecule has 156 valence electrons. The molecule has 1 aromatic heterocycles. The van der Waals surface area contributed by atoms with Crippen molar-refractivity contribution >= 4 is 27.5 Å². The molecule has 2 aromatic rings. The van der Waals surface area contributed by atoms with E-state index in [1.807, 2.05) is 31.2 Å². The number of piperidine rings is 1. The highest BCUT2D eigenvalue weighted by Gasteiger charge is 2.33. The van der Waals surface area contributed by atoms with Crippen LogP contribution in [0.15, 0.2) is 47.5 Å². The summed E-state index contributed by atoms with van der Waals surface area (Å²) in [5, 5.41) is 2.83. The minimum Gasteiger partial charge on any atom is -0.491 e. The summed E-state index contributed by atoms with van der Waals surface area (Å²) in [5.41, 5.74) is 1.04. The van der Waals surface area contributed by atoms with Crippen LogP contribution < -0.4 is 10.1 Å². The third-order valence-corrected chi connectivity index (χ3v) is 7.26. The maximum Gasteiger partial charge on any atom is 0.246 e. The normalized spacial score (nSPS) is 15.8. The molecule has 1 N–H and O–H groups in total. The standard InChI is InChI=1S/C20H24ClN3O4S/c1-15-5-2-3-6-17(15)28-14-11-23-20(25)16-8-12-24(13-9-16)29(26,27)18-7-4-10-22-19(18)21/h2-7,10,16H,8-9,11-14H2,1H3,(H,23,25). The van der Waals surface area contributed by atoms with Gasteiger partial charge in [-0.2, -0.15) is 4.31 Å². The summed E-state index contributed by atoms with van der Waals surface area (Å²) in [6.45, 7) is 3.28. The molecule has 1 amide bonds. The van der Waals surface area contributed by atoms with E-state index in [2.05, 4.69) is 10.3 Å². The van der Waals surface area contributed by atoms with E-state index in [0.717, 1.165) is 11.3 Å². The van der Waals surface area contributed by atoms with Crippen molar-refractivity contribution in [1.29, 1.82) is 0 Å². The lowest BCUT2D eigenvalue weighted by molar-refractivity contribution is -0.126. The van der Waals surface area contributed by atoms with E-state index in [-0.39, 0.29) is 35.0 Å². The Bertz CT molecular complexity index is 960. The van der Waals surface area contributed by atoms with Crippen LogP contribution in [0.5, 0.6) is 5.75 Å². The molecular formula is C20H24ClN3O4S. The Labute approximate surface area is 176 Å². The van der Waals surface area contributed by atoms with Crippen LogP contribution in [0.25, 0.3) is 0 Å². The van der Waals surface area contributed by atoms with Gasteiger partial charge in [0.2, 0.25) is 15.9 Å². The number of carbonyl (C=O) groups excluding carboxylic acids is 1. The van der Waals surface area contributed by atoms with Gasteiger partial charge in [-0.1, -0.05) is 29.8 Å². The Morgan fingerprint density at radius 1 is 1.24 bits per heavy atom. The summed E-state index contributed by atoms with van der Waals surface area (Å²) in [4.78, 5) is 16.2. The monoisotopic (exact) mass is 437 g/mol. The number of benzene rings is 1. The van der Waals surface area contributed by atoms with Crippen molar-refractivity contribution in [3.05, 3.63) is 53.3 Å². The fourth-order valence-corrected chi connectivity index (χ4v) is 5.16. The molecule has 7 nitrogen and oxygen atoms in total. The first kappa shape index (κ1) is 21.5. The zero-order chi connectivity index (χ0) is 20.9. The molecule has 1 aliphatic heterocycles. The number of sulfonamides is 1. The number of carbonyl (C=O) groups is 1. The minimum absolute atomic E-state index is 0.00192. The van der Waals surface area contributed by atoms with Crippen LogP contribution in [0, 0.1) is 12.8 Å². The largest absolute Gasteiger partial charge is 0.491 e. The zero-order valence-corrected chi connectivity index (χ0v) is 17.7. The summed E-state index contributed by atoms with van der Waals surface area (Å²) in [5.74, 6) is 0.508. The topological polar surface area (TPSA) is 88.6 Å². The van der Waals surface area contributed by atoms with Gasteiger partial charge in [-0.25, -0.2) is 13.4 Å². The molecule has 1 aliphatic rings. The molecule has 9 heteroatoms. The molecule has 2 heterocycles. The number of ether oxygens (including phenoxy) is 1. The first-order chi connectivity index (χ1) is 13.9. The number of aryl methyl sites for hydroxylation is 1. The van der Waals surface area contributed by atoms with E-state index >= 15 is 0 Å². The predicted molar refractivity (Wildman–Crippen MR) is 110 cm³/mol. The van der Waals surface area contributed by atoms with Crippen LogP contribution in [-0.2, 0) is 14.8 Å². The molecule has 0 radical (unpaired) electrons. The van der Waals surface area contributed by atoms with Crippen LogP contribution in [0.1, 0.15) is 18.4 Å². The van der Waals surface area contributed by atoms with Crippen molar-refractivity contribution in [1.82, 2.24) is 14.6 Å². The van der Waals surface area contributed by atoms with Gasteiger partial charge in [-0.05, 0) is 43.5 Å². The van der Waals surface area contributed by atoms with Gasteiger partial charge in [0.1, 0.15) is 22.4 Å². The molecule has 0 saturated carbocycles. The van der Waals surface area contributed by atoms with E-state index in [0.29, 0.717) is 26.0 Å². The lowest BCUT2D eigenvalue weighted by Gasteiger charge is -2.30. The van der Waals surface area contributed by atoms with Crippen LogP contribution >= 0.6 is 11.6 Å². The van der Waals surface area contributed by atoms with Gasteiger partial charge in [-0.3, -0.25) is 4.79 Å². The maximum absolute atomic E-state index is 12.7. The van der Waals surface area contributed by atoms with Crippen molar-refractivity contribution in [2.45, 2.75) is 24.7 Å². The third kappa shape index (κ3) is 5.26. The minimum atomic E-state index is -3.71. The number of pyridine rings is 1. The van der Waals surface area contributed by atoms with Gasteiger partial charge in [-0.15, -0.1) is 0 Å². The van der Waals surface area contributed by atoms with Gasteiger partial charge in [0.05, 0.1) is 6.54 Å². The predicted octanol–water partition coefficient (Wildman–Crippen LogP) is 2.64. The number of para-hydroxylation sites is 1. The highest BCUT2D eigenvalue weighted by molar-refractivity contribution is 7.89. The molecule has 3 rings (SSSR count). The van der Waals surface area contributed by atoms with E-state index in [4.69, 9.17) is 16.3 Å². The number of halogens is 1. The van der Waals surface area contributed by atoms with E-state index in [9.17, 15) is 13.2 Å². The van der Waals surface area contributed by atoms with Crippen LogP contribution in [0.4, 0.5) is 0 Å². The van der Waals surface area contributed by atoms with E-state index in [1.165, 1.54) is 22.6 Å². The second kappa shape index (κ2) is 9.56. The second-order valence-corrected chi connectivity index (χ2v) is 9.14. The second-order valence-electron chi connectivity index (χ2n) is 6.88. The summed E-state index contributed by atoms with van der Waals surface area (Å²) >= 11 is 5.94. The first-order valence-electron chi connectivity index (χ1n) is 9.46. The Morgan fingerprint density at radius 2 is 1.97 bits per heavy atom. The number of nitrogens with one attached hydrogen (secondary N) is 1. The maximum atomic E-state index is 12.7. The first-order valence-corrected chi connectivity index (χ1v) is 11.3. The number of nitrogens with zero attached hydrogens (tertiary/aromatic N) is 2. The van der Waals surface area contributed by atoms with Gasteiger partial charge in [0.25, 0.3) is 0 Å². The summed E-state index contributed by atoms with van der Waals surface area (Å²) in [6.07, 6.45) is 2.37. The van der Waals surface area contributed by atoms with E-state index in [1.54, 1.807) is 0 Å². The number of hydrogen-bond acceptors (Lipinski definition) is 5. The average Bonchev–Trinajstić information content (AvgIpc) is 2.72. The SMILES string of the molecule is Cc1ccccc1OCCNC(=O)C1CCN(S(=O)(=O)c2cccnc2Cl)CC1. The van der Waals surface area contributed by atoms with Gasteiger partial charge in [0.15, 0.2) is 0 Å². The Hall–Kier alpha value is -2.16. The number of aromatic nitrogens is 1. The number of hydrogen-bond donors (Lipinski definition) is 1. The molecule has 1 aromatic carbocycles. The Morgan fingerprint density at radius 3 is 2.66 bits per heavy atom. The summed E-state index contributed by atoms with van der Waals surface area (Å²) in [6, 6.07) is 10.7. The molecule has 0 atom stereocenters. The third-order valence-electron chi connectivity index (χ3n) is 4.92. The molecular weight excluding hydrogens is 414 g/mol. The van der Waals surface area contributed by atoms with Crippen molar-refractivity contribution in [3.63, 3.8) is 0 Å². The quantitative estimate of drug-likeness (QED) is 0.531. The number of rotatable bonds is 7. The fraction of sp³-hybridized carbons (Fsp3) is 0.400. The summed E-state index contributed by atoms with van der Waals surface area (Å²) in [7, 11) is -3.71. The van der Waals surface area contributed by atoms with Gasteiger partial charge < -0.3 is 10.1 Å². The highest BCUT2D eigenvalue weighted by Crippen LogP contribution is 2.27. The van der Waals surface area contributed by atoms with Gasteiger partial charge in [0, 0.05) is 25.2 Å². The molecule has 0 unspecified atom stereocenters. The van der Waals surface area contributed by atoms with E-state index < -0.39 is 10.0 Å². The number of amides is 1. The van der Waals surface area contributed by atoms with Crippen LogP contribution in [0.3, 0.4) is 0 Å². The average molecular weight is 438 g/mol. The lowest BCUT2D eigenvalue weighted by atomic mass is 9.97. The van der Waals surface area contributed by atoms with Crippen molar-refractivity contribution in [2.24, 2.45) is 5.92 Å². The molecule has 1 fully saturated rings. The van der Waals surface area contributed by atoms with Crippen molar-refractivity contribution in [2.75, 3.05) is 26.2 Å². The van der Waals surface area contributed by atoms with Crippen molar-refractivity contribution < 1.29 is 17.9 Å². The van der Waals surface area contributed by atoms with Crippen molar-refractivity contribution in [3.8, 4) is 5.75 Å². The Balaban J connectivity index is 1.46. The van der Waals surface area contributed by atoms with Crippen LogP contribution in [0.2, 0.25) is 5.15 Å². The van der Waals surface area contributed by atoms with Gasteiger partial charge >= 0.3 is 0 Å². The molecule has 29 heavy (non-hydrogen) atoms. The molecule has 0 bridgehead atoms. The molecule has 1 saturated heterocycles. The van der Waals surface area contributed by atoms with Crippen LogP contribution in [-0.4, -0.2) is 49.9 Å². The highest BCUT2D eigenvalue weighted by atomic mass is 35.5. The summed E-state index contributed by atoms with van der Waals surface area (Å²) < 4.78 is 32.5. The molecule has 0 spiro atoms. The Kier molecular flexibility index (Phi) is 7.10. The zero-order valence-electron chi connectivity index (χ0n) is 16.2.